The molecule has 2 nitrogen and oxygen atoms in total. The van der Waals surface area contributed by atoms with Gasteiger partial charge in [0, 0.05) is 25.7 Å². The summed E-state index contributed by atoms with van der Waals surface area (Å²) >= 11 is 0. The van der Waals surface area contributed by atoms with Crippen LogP contribution in [0.5, 0.6) is 0 Å². The zero-order valence-corrected chi connectivity index (χ0v) is 13.7. The van der Waals surface area contributed by atoms with E-state index in [9.17, 15) is 0 Å². The van der Waals surface area contributed by atoms with Crippen molar-refractivity contribution in [3.63, 3.8) is 0 Å². The number of rotatable bonds is 6. The van der Waals surface area contributed by atoms with Gasteiger partial charge < -0.3 is 10.2 Å². The van der Waals surface area contributed by atoms with E-state index < -0.39 is 0 Å². The molecule has 3 aliphatic rings. The van der Waals surface area contributed by atoms with Crippen LogP contribution in [0.3, 0.4) is 0 Å². The third-order valence-corrected chi connectivity index (χ3v) is 6.18. The number of nitrogens with one attached hydrogen (secondary N) is 1. The van der Waals surface area contributed by atoms with Crippen molar-refractivity contribution >= 4 is 0 Å². The second-order valence-corrected chi connectivity index (χ2v) is 8.14. The van der Waals surface area contributed by atoms with Gasteiger partial charge >= 0.3 is 0 Å². The highest BCUT2D eigenvalue weighted by Crippen LogP contribution is 2.40. The third-order valence-electron chi connectivity index (χ3n) is 6.18. The highest BCUT2D eigenvalue weighted by Gasteiger charge is 2.38. The highest BCUT2D eigenvalue weighted by atomic mass is 15.2. The van der Waals surface area contributed by atoms with E-state index in [1.165, 1.54) is 77.5 Å². The first-order valence-corrected chi connectivity index (χ1v) is 9.15. The van der Waals surface area contributed by atoms with Crippen LogP contribution in [0.1, 0.15) is 65.2 Å². The smallest absolute Gasteiger partial charge is 0.00684 e. The van der Waals surface area contributed by atoms with Crippen LogP contribution < -0.4 is 5.32 Å². The van der Waals surface area contributed by atoms with Crippen molar-refractivity contribution in [2.45, 2.75) is 71.3 Å². The molecule has 1 atom stereocenters. The molecule has 3 rings (SSSR count). The lowest BCUT2D eigenvalue weighted by Gasteiger charge is -2.42. The van der Waals surface area contributed by atoms with Crippen LogP contribution in [0.15, 0.2) is 0 Å². The Labute approximate surface area is 125 Å². The summed E-state index contributed by atoms with van der Waals surface area (Å²) < 4.78 is 0. The Kier molecular flexibility index (Phi) is 4.72. The highest BCUT2D eigenvalue weighted by molar-refractivity contribution is 4.93. The number of hydrogen-bond donors (Lipinski definition) is 1. The van der Waals surface area contributed by atoms with Gasteiger partial charge in [0.05, 0.1) is 0 Å². The minimum Gasteiger partial charge on any atom is -0.313 e. The van der Waals surface area contributed by atoms with Crippen LogP contribution in [0.4, 0.5) is 0 Å². The van der Waals surface area contributed by atoms with Gasteiger partial charge in [-0.1, -0.05) is 33.1 Å². The van der Waals surface area contributed by atoms with Crippen molar-refractivity contribution in [1.82, 2.24) is 10.2 Å². The fourth-order valence-electron chi connectivity index (χ4n) is 4.28. The van der Waals surface area contributed by atoms with Gasteiger partial charge in [-0.25, -0.2) is 0 Å². The van der Waals surface area contributed by atoms with Crippen LogP contribution in [-0.4, -0.2) is 37.1 Å². The maximum atomic E-state index is 3.85. The molecule has 0 aromatic rings. The van der Waals surface area contributed by atoms with Gasteiger partial charge in [0.1, 0.15) is 0 Å². The first kappa shape index (κ1) is 14.8. The molecule has 0 aromatic carbocycles. The summed E-state index contributed by atoms with van der Waals surface area (Å²) in [5, 5.41) is 3.85. The molecule has 1 heterocycles. The summed E-state index contributed by atoms with van der Waals surface area (Å²) in [7, 11) is 0. The second kappa shape index (κ2) is 6.36. The molecule has 0 amide bonds. The van der Waals surface area contributed by atoms with Gasteiger partial charge in [-0.2, -0.15) is 0 Å². The Morgan fingerprint density at radius 3 is 2.45 bits per heavy atom. The van der Waals surface area contributed by atoms with Crippen LogP contribution >= 0.6 is 0 Å². The monoisotopic (exact) mass is 278 g/mol. The van der Waals surface area contributed by atoms with Crippen molar-refractivity contribution in [2.24, 2.45) is 17.3 Å². The maximum Gasteiger partial charge on any atom is 0.00684 e. The summed E-state index contributed by atoms with van der Waals surface area (Å²) in [6.45, 7) is 10.2. The van der Waals surface area contributed by atoms with Gasteiger partial charge in [0.25, 0.3) is 0 Å². The van der Waals surface area contributed by atoms with Crippen molar-refractivity contribution < 1.29 is 0 Å². The van der Waals surface area contributed by atoms with Crippen molar-refractivity contribution in [3.8, 4) is 0 Å². The summed E-state index contributed by atoms with van der Waals surface area (Å²) in [5.41, 5.74) is 0.595. The van der Waals surface area contributed by atoms with Gasteiger partial charge in [-0.05, 0) is 55.9 Å². The number of hydrogen-bond acceptors (Lipinski definition) is 2. The average molecular weight is 278 g/mol. The van der Waals surface area contributed by atoms with Crippen LogP contribution in [-0.2, 0) is 0 Å². The van der Waals surface area contributed by atoms with E-state index in [1.54, 1.807) is 0 Å². The van der Waals surface area contributed by atoms with Crippen molar-refractivity contribution in [1.29, 1.82) is 0 Å². The Bertz CT molecular complexity index is 303. The van der Waals surface area contributed by atoms with Crippen LogP contribution in [0.2, 0.25) is 0 Å². The number of nitrogens with zero attached hydrogens (tertiary/aromatic N) is 1. The summed E-state index contributed by atoms with van der Waals surface area (Å²) in [6, 6.07) is 0.869. The fourth-order valence-corrected chi connectivity index (χ4v) is 4.28. The Balaban J connectivity index is 1.56. The van der Waals surface area contributed by atoms with E-state index in [1.807, 2.05) is 0 Å². The molecule has 0 bridgehead atoms. The minimum atomic E-state index is 0.595. The third kappa shape index (κ3) is 3.76. The molecule has 1 saturated heterocycles. The van der Waals surface area contributed by atoms with E-state index >= 15 is 0 Å². The molecule has 3 fully saturated rings. The van der Waals surface area contributed by atoms with Gasteiger partial charge in [0.15, 0.2) is 0 Å². The van der Waals surface area contributed by atoms with E-state index in [-0.39, 0.29) is 0 Å². The van der Waals surface area contributed by atoms with Gasteiger partial charge in [-0.15, -0.1) is 0 Å². The summed E-state index contributed by atoms with van der Waals surface area (Å²) in [5.74, 6) is 1.94. The minimum absolute atomic E-state index is 0.595. The zero-order chi connectivity index (χ0) is 14.0. The van der Waals surface area contributed by atoms with Crippen LogP contribution in [0.25, 0.3) is 0 Å². The van der Waals surface area contributed by atoms with Gasteiger partial charge in [-0.3, -0.25) is 0 Å². The predicted molar refractivity (Wildman–Crippen MR) is 85.9 cm³/mol. The van der Waals surface area contributed by atoms with Crippen molar-refractivity contribution in [2.75, 3.05) is 26.2 Å². The van der Waals surface area contributed by atoms with Crippen LogP contribution in [0, 0.1) is 17.3 Å². The van der Waals surface area contributed by atoms with Crippen molar-refractivity contribution in [3.05, 3.63) is 0 Å². The molecular weight excluding hydrogens is 244 g/mol. The molecule has 2 heteroatoms. The summed E-state index contributed by atoms with van der Waals surface area (Å²) in [4.78, 5) is 2.79. The van der Waals surface area contributed by atoms with E-state index in [0.717, 1.165) is 17.9 Å². The first-order chi connectivity index (χ1) is 9.69. The van der Waals surface area contributed by atoms with E-state index in [4.69, 9.17) is 0 Å². The molecule has 0 spiro atoms. The first-order valence-electron chi connectivity index (χ1n) is 9.15. The Hall–Kier alpha value is -0.0800. The average Bonchev–Trinajstić information content (AvgIpc) is 3.19. The summed E-state index contributed by atoms with van der Waals surface area (Å²) in [6.07, 6.45) is 11.5. The molecule has 116 valence electrons. The lowest BCUT2D eigenvalue weighted by atomic mass is 9.70. The molecule has 1 N–H and O–H groups in total. The molecule has 1 aliphatic heterocycles. The molecule has 0 aromatic heterocycles. The molecule has 20 heavy (non-hydrogen) atoms. The topological polar surface area (TPSA) is 15.3 Å². The largest absolute Gasteiger partial charge is 0.313 e. The lowest BCUT2D eigenvalue weighted by molar-refractivity contribution is 0.0957. The Morgan fingerprint density at radius 1 is 1.10 bits per heavy atom. The molecular formula is C18H34N2. The fraction of sp³-hybridized carbons (Fsp3) is 1.00. The zero-order valence-electron chi connectivity index (χ0n) is 13.7. The quantitative estimate of drug-likeness (QED) is 0.797. The lowest BCUT2D eigenvalue weighted by Crippen LogP contribution is -2.46. The maximum absolute atomic E-state index is 3.85. The molecule has 2 saturated carbocycles. The SMILES string of the molecule is CCC1CCN(CC2(CNC3CC3)CCC(C)CC2)C1. The standard InChI is InChI=1S/C18H34N2/c1-3-16-8-11-20(12-16)14-18(13-19-17-4-5-17)9-6-15(2)7-10-18/h15-17,19H,3-14H2,1-2H3. The number of likely N-dealkylation sites (tertiary alicyclic amines) is 1. The van der Waals surface area contributed by atoms with E-state index in [2.05, 4.69) is 24.1 Å². The normalized spacial score (nSPS) is 39.3. The second-order valence-electron chi connectivity index (χ2n) is 8.14. The van der Waals surface area contributed by atoms with Gasteiger partial charge in [0.2, 0.25) is 0 Å². The molecule has 0 radical (unpaired) electrons. The Morgan fingerprint density at radius 2 is 1.85 bits per heavy atom. The molecule has 1 unspecified atom stereocenters. The predicted octanol–water partition coefficient (Wildman–Crippen LogP) is 3.67. The van der Waals surface area contributed by atoms with E-state index in [0.29, 0.717) is 5.41 Å². The molecule has 2 aliphatic carbocycles.